The summed E-state index contributed by atoms with van der Waals surface area (Å²) in [5.74, 6) is 2.18. The zero-order valence-corrected chi connectivity index (χ0v) is 10.6. The van der Waals surface area contributed by atoms with Gasteiger partial charge >= 0.3 is 0 Å². The quantitative estimate of drug-likeness (QED) is 0.787. The molecule has 0 spiro atoms. The zero-order chi connectivity index (χ0) is 12.8. The molecule has 96 valence electrons. The van der Waals surface area contributed by atoms with E-state index in [1.807, 2.05) is 18.2 Å². The summed E-state index contributed by atoms with van der Waals surface area (Å²) in [6, 6.07) is 8.07. The van der Waals surface area contributed by atoms with Gasteiger partial charge in [0.15, 0.2) is 5.82 Å². The number of nitrogens with zero attached hydrogens (tertiary/aromatic N) is 2. The number of hydrogen-bond donors (Lipinski definition) is 1. The molecule has 0 atom stereocenters. The summed E-state index contributed by atoms with van der Waals surface area (Å²) in [7, 11) is 1.68. The van der Waals surface area contributed by atoms with Crippen molar-refractivity contribution < 1.29 is 9.26 Å². The van der Waals surface area contributed by atoms with Crippen molar-refractivity contribution in [3.63, 3.8) is 0 Å². The van der Waals surface area contributed by atoms with Crippen LogP contribution in [0.3, 0.4) is 0 Å². The first-order valence-corrected chi connectivity index (χ1v) is 5.91. The van der Waals surface area contributed by atoms with Gasteiger partial charge in [-0.05, 0) is 30.7 Å². The van der Waals surface area contributed by atoms with Crippen LogP contribution >= 0.6 is 0 Å². The van der Waals surface area contributed by atoms with E-state index < -0.39 is 0 Å². The van der Waals surface area contributed by atoms with Crippen LogP contribution in [0.15, 0.2) is 28.8 Å². The normalized spacial score (nSPS) is 10.6. The highest BCUT2D eigenvalue weighted by Gasteiger charge is 2.01. The minimum absolute atomic E-state index is 0.597. The maximum Gasteiger partial charge on any atom is 0.223 e. The molecule has 5 heteroatoms. The molecule has 1 N–H and O–H groups in total. The van der Waals surface area contributed by atoms with Crippen molar-refractivity contribution in [3.05, 3.63) is 41.5 Å². The molecule has 1 aromatic heterocycles. The van der Waals surface area contributed by atoms with Crippen molar-refractivity contribution in [2.24, 2.45) is 0 Å². The van der Waals surface area contributed by atoms with Crippen LogP contribution in [-0.2, 0) is 13.0 Å². The van der Waals surface area contributed by atoms with Crippen molar-refractivity contribution in [1.82, 2.24) is 15.5 Å². The fourth-order valence-corrected chi connectivity index (χ4v) is 1.67. The molecule has 0 aliphatic rings. The summed E-state index contributed by atoms with van der Waals surface area (Å²) >= 11 is 0. The van der Waals surface area contributed by atoms with Gasteiger partial charge in [-0.3, -0.25) is 0 Å². The van der Waals surface area contributed by atoms with Crippen molar-refractivity contribution in [2.45, 2.75) is 19.9 Å². The third kappa shape index (κ3) is 3.56. The number of hydrogen-bond acceptors (Lipinski definition) is 5. The molecule has 0 saturated carbocycles. The third-order valence-corrected chi connectivity index (χ3v) is 2.58. The molecular weight excluding hydrogens is 230 g/mol. The number of aryl methyl sites for hydroxylation is 1. The Kier molecular flexibility index (Phi) is 4.30. The van der Waals surface area contributed by atoms with E-state index >= 15 is 0 Å². The number of nitrogens with one attached hydrogen (secondary N) is 1. The molecule has 0 unspecified atom stereocenters. The zero-order valence-electron chi connectivity index (χ0n) is 10.6. The van der Waals surface area contributed by atoms with Crippen molar-refractivity contribution in [2.75, 3.05) is 13.7 Å². The lowest BCUT2D eigenvalue weighted by Gasteiger charge is -2.04. The molecular formula is C13H17N3O2. The molecule has 18 heavy (non-hydrogen) atoms. The van der Waals surface area contributed by atoms with Crippen LogP contribution in [0.2, 0.25) is 0 Å². The monoisotopic (exact) mass is 247 g/mol. The molecule has 0 aliphatic carbocycles. The molecule has 0 fully saturated rings. The first-order valence-electron chi connectivity index (χ1n) is 5.91. The Morgan fingerprint density at radius 3 is 3.00 bits per heavy atom. The Balaban J connectivity index is 1.74. The molecule has 2 rings (SSSR count). The smallest absolute Gasteiger partial charge is 0.223 e. The van der Waals surface area contributed by atoms with Crippen molar-refractivity contribution in [1.29, 1.82) is 0 Å². The molecule has 0 amide bonds. The van der Waals surface area contributed by atoms with E-state index in [4.69, 9.17) is 9.26 Å². The fraction of sp³-hybridized carbons (Fsp3) is 0.385. The maximum absolute atomic E-state index is 5.18. The van der Waals surface area contributed by atoms with Gasteiger partial charge in [-0.1, -0.05) is 17.3 Å². The maximum atomic E-state index is 5.18. The number of ether oxygens (including phenoxy) is 1. The summed E-state index contributed by atoms with van der Waals surface area (Å²) in [6.45, 7) is 3.27. The molecule has 1 heterocycles. The van der Waals surface area contributed by atoms with E-state index in [1.54, 1.807) is 14.0 Å². The van der Waals surface area contributed by atoms with Gasteiger partial charge in [-0.2, -0.15) is 4.98 Å². The summed E-state index contributed by atoms with van der Waals surface area (Å²) in [6.07, 6.45) is 0.939. The highest BCUT2D eigenvalue weighted by atomic mass is 16.5. The van der Waals surface area contributed by atoms with Crippen molar-refractivity contribution in [3.8, 4) is 5.75 Å². The van der Waals surface area contributed by atoms with Gasteiger partial charge in [0.25, 0.3) is 0 Å². The van der Waals surface area contributed by atoms with E-state index in [0.29, 0.717) is 18.3 Å². The minimum atomic E-state index is 0.597. The van der Waals surface area contributed by atoms with Crippen LogP contribution in [0.1, 0.15) is 17.3 Å². The van der Waals surface area contributed by atoms with E-state index in [2.05, 4.69) is 21.5 Å². The van der Waals surface area contributed by atoms with E-state index in [9.17, 15) is 0 Å². The highest BCUT2D eigenvalue weighted by Crippen LogP contribution is 2.12. The Bertz CT molecular complexity index is 496. The van der Waals surface area contributed by atoms with E-state index in [0.717, 1.165) is 18.7 Å². The largest absolute Gasteiger partial charge is 0.497 e. The van der Waals surface area contributed by atoms with Crippen LogP contribution in [-0.4, -0.2) is 23.8 Å². The van der Waals surface area contributed by atoms with Gasteiger partial charge in [0, 0.05) is 6.92 Å². The molecule has 1 aromatic carbocycles. The first kappa shape index (κ1) is 12.6. The topological polar surface area (TPSA) is 60.2 Å². The second kappa shape index (κ2) is 6.16. The summed E-state index contributed by atoms with van der Waals surface area (Å²) in [4.78, 5) is 4.12. The van der Waals surface area contributed by atoms with Crippen LogP contribution in [0, 0.1) is 6.92 Å². The molecule has 0 saturated heterocycles. The molecule has 0 radical (unpaired) electrons. The number of methoxy groups -OCH3 is 1. The average Bonchev–Trinajstić information content (AvgIpc) is 2.81. The average molecular weight is 247 g/mol. The lowest BCUT2D eigenvalue weighted by Crippen LogP contribution is -2.17. The Morgan fingerprint density at radius 2 is 2.28 bits per heavy atom. The van der Waals surface area contributed by atoms with Gasteiger partial charge in [-0.25, -0.2) is 0 Å². The second-order valence-corrected chi connectivity index (χ2v) is 4.01. The summed E-state index contributed by atoms with van der Waals surface area (Å²) < 4.78 is 10.1. The third-order valence-electron chi connectivity index (χ3n) is 2.58. The first-order chi connectivity index (χ1) is 8.78. The van der Waals surface area contributed by atoms with E-state index in [1.165, 1.54) is 5.56 Å². The van der Waals surface area contributed by atoms with E-state index in [-0.39, 0.29) is 0 Å². The lowest BCUT2D eigenvalue weighted by atomic mass is 10.1. The number of benzene rings is 1. The van der Waals surface area contributed by atoms with Gasteiger partial charge in [0.05, 0.1) is 13.7 Å². The van der Waals surface area contributed by atoms with Crippen LogP contribution in [0.5, 0.6) is 5.75 Å². The second-order valence-electron chi connectivity index (χ2n) is 4.01. The summed E-state index contributed by atoms with van der Waals surface area (Å²) in [5, 5.41) is 7.09. The van der Waals surface area contributed by atoms with Crippen LogP contribution in [0.4, 0.5) is 0 Å². The molecule has 0 bridgehead atoms. The van der Waals surface area contributed by atoms with Crippen molar-refractivity contribution >= 4 is 0 Å². The Hall–Kier alpha value is -1.88. The van der Waals surface area contributed by atoms with Gasteiger partial charge in [0.2, 0.25) is 5.89 Å². The highest BCUT2D eigenvalue weighted by molar-refractivity contribution is 5.28. The Morgan fingerprint density at radius 1 is 1.39 bits per heavy atom. The van der Waals surface area contributed by atoms with Crippen LogP contribution < -0.4 is 10.1 Å². The molecule has 2 aromatic rings. The fourth-order valence-electron chi connectivity index (χ4n) is 1.67. The van der Waals surface area contributed by atoms with Gasteiger partial charge in [-0.15, -0.1) is 0 Å². The standard InChI is InChI=1S/C13H17N3O2/c1-10-15-13(16-18-10)9-14-7-6-11-4-3-5-12(8-11)17-2/h3-5,8,14H,6-7,9H2,1-2H3. The Labute approximate surface area is 106 Å². The minimum Gasteiger partial charge on any atom is -0.497 e. The van der Waals surface area contributed by atoms with Gasteiger partial charge < -0.3 is 14.6 Å². The predicted molar refractivity (Wildman–Crippen MR) is 67.4 cm³/mol. The number of aromatic nitrogens is 2. The summed E-state index contributed by atoms with van der Waals surface area (Å²) in [5.41, 5.74) is 1.24. The SMILES string of the molecule is COc1cccc(CCNCc2noc(C)n2)c1. The van der Waals surface area contributed by atoms with Crippen LogP contribution in [0.25, 0.3) is 0 Å². The molecule has 0 aliphatic heterocycles. The van der Waals surface area contributed by atoms with Gasteiger partial charge in [0.1, 0.15) is 5.75 Å². The molecule has 5 nitrogen and oxygen atoms in total. The number of rotatable bonds is 6. The lowest BCUT2D eigenvalue weighted by molar-refractivity contribution is 0.385. The predicted octanol–water partition coefficient (Wildman–Crippen LogP) is 1.72.